The van der Waals surface area contributed by atoms with Crippen LogP contribution >= 0.6 is 24.0 Å². The first-order valence-electron chi connectivity index (χ1n) is 11.0. The summed E-state index contributed by atoms with van der Waals surface area (Å²) in [7, 11) is 1.78. The molecular weight excluding hydrogens is 467 g/mol. The van der Waals surface area contributed by atoms with Crippen molar-refractivity contribution in [2.45, 2.75) is 70.8 Å². The molecule has 3 aliphatic rings. The highest BCUT2D eigenvalue weighted by atomic mass is 127. The van der Waals surface area contributed by atoms with E-state index >= 15 is 0 Å². The van der Waals surface area contributed by atoms with Crippen LogP contribution in [0.3, 0.4) is 0 Å². The lowest BCUT2D eigenvalue weighted by Gasteiger charge is -2.41. The minimum atomic E-state index is 0. The second-order valence-electron chi connectivity index (χ2n) is 8.69. The number of hydrogen-bond donors (Lipinski definition) is 2. The summed E-state index contributed by atoms with van der Waals surface area (Å²) in [6, 6.07) is 0.310. The fraction of sp³-hybridized carbons (Fsp3) is 0.905. The molecule has 2 saturated carbocycles. The van der Waals surface area contributed by atoms with E-state index in [9.17, 15) is 4.79 Å². The summed E-state index contributed by atoms with van der Waals surface area (Å²) in [6.45, 7) is 6.34. The molecule has 1 heterocycles. The maximum Gasteiger partial charge on any atom is 0.225 e. The Balaban J connectivity index is 0.00000280. The van der Waals surface area contributed by atoms with Crippen molar-refractivity contribution in [3.63, 3.8) is 0 Å². The monoisotopic (exact) mass is 506 g/mol. The molecule has 3 fully saturated rings. The topological polar surface area (TPSA) is 66.0 Å². The fourth-order valence-electron chi connectivity index (χ4n) is 4.75. The summed E-state index contributed by atoms with van der Waals surface area (Å²) in [4.78, 5) is 19.6. The molecule has 162 valence electrons. The van der Waals surface area contributed by atoms with Crippen molar-refractivity contribution in [1.82, 2.24) is 15.5 Å². The molecule has 28 heavy (non-hydrogen) atoms. The first kappa shape index (κ1) is 23.7. The number of halogens is 1. The number of aliphatic imine (C=N–C) groups is 1. The van der Waals surface area contributed by atoms with Gasteiger partial charge in [0.05, 0.1) is 0 Å². The van der Waals surface area contributed by atoms with Gasteiger partial charge in [-0.3, -0.25) is 9.79 Å². The Labute approximate surface area is 187 Å². The highest BCUT2D eigenvalue weighted by Gasteiger charge is 2.37. The van der Waals surface area contributed by atoms with Crippen LogP contribution in [0.5, 0.6) is 0 Å². The van der Waals surface area contributed by atoms with Gasteiger partial charge in [0.2, 0.25) is 5.91 Å². The summed E-state index contributed by atoms with van der Waals surface area (Å²) in [5, 5.41) is 6.97. The highest BCUT2D eigenvalue weighted by molar-refractivity contribution is 14.0. The maximum absolute atomic E-state index is 12.6. The number of guanidine groups is 1. The van der Waals surface area contributed by atoms with E-state index in [1.54, 1.807) is 7.11 Å². The number of carbonyl (C=O) groups is 1. The molecule has 3 rings (SSSR count). The zero-order valence-corrected chi connectivity index (χ0v) is 20.0. The first-order valence-corrected chi connectivity index (χ1v) is 11.0. The van der Waals surface area contributed by atoms with E-state index in [1.807, 2.05) is 0 Å². The Hall–Kier alpha value is -0.570. The van der Waals surface area contributed by atoms with Gasteiger partial charge in [-0.05, 0) is 50.9 Å². The predicted molar refractivity (Wildman–Crippen MR) is 124 cm³/mol. The normalized spacial score (nSPS) is 24.6. The number of nitrogens with one attached hydrogen (secondary N) is 2. The second-order valence-corrected chi connectivity index (χ2v) is 8.69. The van der Waals surface area contributed by atoms with Gasteiger partial charge in [-0.15, -0.1) is 24.0 Å². The number of nitrogens with zero attached hydrogens (tertiary/aromatic N) is 2. The average molecular weight is 506 g/mol. The third-order valence-electron chi connectivity index (χ3n) is 6.71. The molecule has 1 unspecified atom stereocenters. The summed E-state index contributed by atoms with van der Waals surface area (Å²) < 4.78 is 5.29. The van der Waals surface area contributed by atoms with Crippen LogP contribution in [0.4, 0.5) is 0 Å². The van der Waals surface area contributed by atoms with Crippen LogP contribution in [-0.2, 0) is 9.53 Å². The third kappa shape index (κ3) is 6.21. The fourth-order valence-corrected chi connectivity index (χ4v) is 4.75. The van der Waals surface area contributed by atoms with Gasteiger partial charge < -0.3 is 20.3 Å². The number of likely N-dealkylation sites (tertiary alicyclic amines) is 1. The van der Waals surface area contributed by atoms with Crippen LogP contribution < -0.4 is 10.6 Å². The van der Waals surface area contributed by atoms with Crippen molar-refractivity contribution in [2.75, 3.05) is 39.9 Å². The van der Waals surface area contributed by atoms with Crippen LogP contribution in [0.1, 0.15) is 64.7 Å². The van der Waals surface area contributed by atoms with E-state index in [0.717, 1.165) is 64.4 Å². The molecule has 1 aliphatic heterocycles. The van der Waals surface area contributed by atoms with Gasteiger partial charge in [-0.1, -0.05) is 19.3 Å². The van der Waals surface area contributed by atoms with Crippen LogP contribution in [0.25, 0.3) is 0 Å². The van der Waals surface area contributed by atoms with Gasteiger partial charge in [-0.2, -0.15) is 0 Å². The van der Waals surface area contributed by atoms with E-state index in [2.05, 4.69) is 22.5 Å². The molecule has 2 N–H and O–H groups in total. The lowest BCUT2D eigenvalue weighted by molar-refractivity contribution is -0.134. The van der Waals surface area contributed by atoms with Gasteiger partial charge in [0.15, 0.2) is 5.96 Å². The largest absolute Gasteiger partial charge is 0.385 e. The zero-order chi connectivity index (χ0) is 19.1. The molecule has 0 radical (unpaired) electrons. The molecule has 0 aromatic carbocycles. The van der Waals surface area contributed by atoms with Crippen molar-refractivity contribution in [3.05, 3.63) is 0 Å². The van der Waals surface area contributed by atoms with E-state index < -0.39 is 0 Å². The minimum absolute atomic E-state index is 0. The Morgan fingerprint density at radius 1 is 1.21 bits per heavy atom. The smallest absolute Gasteiger partial charge is 0.225 e. The van der Waals surface area contributed by atoms with Gasteiger partial charge in [0.25, 0.3) is 0 Å². The molecule has 1 atom stereocenters. The number of carbonyl (C=O) groups excluding carboxylic acids is 1. The predicted octanol–water partition coefficient (Wildman–Crippen LogP) is 3.16. The SMILES string of the molecule is CCNC(=NCC1(CCOC)CCC1)NC1CCN(C(=O)C2CCCC2)C1.I. The number of hydrogen-bond acceptors (Lipinski definition) is 3. The number of rotatable bonds is 8. The summed E-state index contributed by atoms with van der Waals surface area (Å²) in [5.74, 6) is 1.57. The molecule has 0 aromatic heterocycles. The van der Waals surface area contributed by atoms with Gasteiger partial charge in [0, 0.05) is 51.9 Å². The quantitative estimate of drug-likeness (QED) is 0.302. The van der Waals surface area contributed by atoms with Crippen molar-refractivity contribution in [1.29, 1.82) is 0 Å². The number of amides is 1. The molecule has 7 heteroatoms. The summed E-state index contributed by atoms with van der Waals surface area (Å²) in [6.07, 6.45) is 10.5. The van der Waals surface area contributed by atoms with E-state index in [4.69, 9.17) is 9.73 Å². The molecule has 0 bridgehead atoms. The second kappa shape index (κ2) is 11.6. The molecule has 1 saturated heterocycles. The van der Waals surface area contributed by atoms with Crippen LogP contribution in [0.15, 0.2) is 4.99 Å². The lowest BCUT2D eigenvalue weighted by atomic mass is 9.67. The summed E-state index contributed by atoms with van der Waals surface area (Å²) >= 11 is 0. The molecule has 0 spiro atoms. The number of ether oxygens (including phenoxy) is 1. The van der Waals surface area contributed by atoms with Gasteiger partial charge in [-0.25, -0.2) is 0 Å². The first-order chi connectivity index (χ1) is 13.2. The molecular formula is C21H39IN4O2. The Morgan fingerprint density at radius 2 is 1.96 bits per heavy atom. The van der Waals surface area contributed by atoms with Crippen molar-refractivity contribution in [2.24, 2.45) is 16.3 Å². The van der Waals surface area contributed by atoms with E-state index in [-0.39, 0.29) is 29.9 Å². The average Bonchev–Trinajstić information content (AvgIpc) is 3.32. The van der Waals surface area contributed by atoms with Crippen molar-refractivity contribution < 1.29 is 9.53 Å². The van der Waals surface area contributed by atoms with Crippen molar-refractivity contribution in [3.8, 4) is 0 Å². The minimum Gasteiger partial charge on any atom is -0.385 e. The molecule has 6 nitrogen and oxygen atoms in total. The van der Waals surface area contributed by atoms with Crippen LogP contribution in [0.2, 0.25) is 0 Å². The number of methoxy groups -OCH3 is 1. The molecule has 0 aromatic rings. The van der Waals surface area contributed by atoms with Gasteiger partial charge in [0.1, 0.15) is 0 Å². The Morgan fingerprint density at radius 3 is 2.57 bits per heavy atom. The van der Waals surface area contributed by atoms with Crippen LogP contribution in [-0.4, -0.2) is 62.7 Å². The van der Waals surface area contributed by atoms with E-state index in [0.29, 0.717) is 17.4 Å². The molecule has 1 amide bonds. The van der Waals surface area contributed by atoms with Crippen LogP contribution in [0, 0.1) is 11.3 Å². The zero-order valence-electron chi connectivity index (χ0n) is 17.7. The Kier molecular flexibility index (Phi) is 9.80. The third-order valence-corrected chi connectivity index (χ3v) is 6.71. The van der Waals surface area contributed by atoms with Gasteiger partial charge >= 0.3 is 0 Å². The van der Waals surface area contributed by atoms with E-state index in [1.165, 1.54) is 32.1 Å². The molecule has 2 aliphatic carbocycles. The maximum atomic E-state index is 12.6. The lowest BCUT2D eigenvalue weighted by Crippen LogP contribution is -2.46. The highest BCUT2D eigenvalue weighted by Crippen LogP contribution is 2.44. The standard InChI is InChI=1S/C21H38N4O2.HI/c1-3-22-20(23-16-21(10-6-11-21)12-14-27-2)24-18-9-13-25(15-18)19(26)17-7-4-5-8-17;/h17-18H,3-16H2,1-2H3,(H2,22,23,24);1H. The Bertz CT molecular complexity index is 519. The summed E-state index contributed by atoms with van der Waals surface area (Å²) in [5.41, 5.74) is 0.332. The van der Waals surface area contributed by atoms with Crippen molar-refractivity contribution >= 4 is 35.8 Å².